The molecule has 1 N–H and O–H groups in total. The van der Waals surface area contributed by atoms with E-state index in [2.05, 4.69) is 15.4 Å². The number of hydrogen-bond acceptors (Lipinski definition) is 4. The molecular weight excluding hydrogens is 378 g/mol. The van der Waals surface area contributed by atoms with Gasteiger partial charge in [-0.3, -0.25) is 14.3 Å². The van der Waals surface area contributed by atoms with E-state index in [9.17, 15) is 9.59 Å². The Morgan fingerprint density at radius 3 is 2.79 bits per heavy atom. The number of nitrogens with zero attached hydrogens (tertiary/aromatic N) is 4. The van der Waals surface area contributed by atoms with Crippen molar-refractivity contribution in [2.45, 2.75) is 13.5 Å². The molecule has 0 aliphatic rings. The number of carbonyl (C=O) groups excluding carboxylic acids is 2. The van der Waals surface area contributed by atoms with E-state index in [1.54, 1.807) is 30.2 Å². The van der Waals surface area contributed by atoms with Gasteiger partial charge in [-0.05, 0) is 36.2 Å². The second kappa shape index (κ2) is 8.67. The van der Waals surface area contributed by atoms with Gasteiger partial charge in [0.2, 0.25) is 5.91 Å². The molecule has 1 aromatic carbocycles. The summed E-state index contributed by atoms with van der Waals surface area (Å²) in [6.07, 6.45) is 4.74. The van der Waals surface area contributed by atoms with Gasteiger partial charge in [-0.2, -0.15) is 5.10 Å². The normalized spacial score (nSPS) is 10.5. The van der Waals surface area contributed by atoms with Crippen LogP contribution >= 0.6 is 11.6 Å². The van der Waals surface area contributed by atoms with Crippen LogP contribution in [0.2, 0.25) is 5.02 Å². The van der Waals surface area contributed by atoms with E-state index in [0.717, 1.165) is 11.1 Å². The molecule has 0 fully saturated rings. The van der Waals surface area contributed by atoms with Crippen molar-refractivity contribution in [1.82, 2.24) is 19.7 Å². The minimum atomic E-state index is -0.322. The molecule has 0 spiro atoms. The first kappa shape index (κ1) is 19.6. The predicted molar refractivity (Wildman–Crippen MR) is 107 cm³/mol. The molecule has 0 saturated carbocycles. The highest BCUT2D eigenvalue weighted by Gasteiger charge is 2.17. The monoisotopic (exact) mass is 397 g/mol. The summed E-state index contributed by atoms with van der Waals surface area (Å²) in [6.45, 7) is 2.27. The molecule has 0 bridgehead atoms. The number of halogens is 1. The predicted octanol–water partition coefficient (Wildman–Crippen LogP) is 3.00. The number of nitrogens with one attached hydrogen (secondary N) is 1. The number of hydrogen-bond donors (Lipinski definition) is 1. The molecule has 0 atom stereocenters. The third-order valence-corrected chi connectivity index (χ3v) is 4.45. The molecule has 0 aliphatic carbocycles. The summed E-state index contributed by atoms with van der Waals surface area (Å²) in [5.41, 5.74) is 2.29. The highest BCUT2D eigenvalue weighted by Crippen LogP contribution is 2.16. The zero-order chi connectivity index (χ0) is 20.1. The van der Waals surface area contributed by atoms with Gasteiger partial charge in [-0.25, -0.2) is 4.98 Å². The molecule has 2 aromatic heterocycles. The number of amides is 2. The second-order valence-corrected chi connectivity index (χ2v) is 6.85. The van der Waals surface area contributed by atoms with E-state index in [4.69, 9.17) is 11.6 Å². The number of rotatable bonds is 6. The number of aryl methyl sites for hydroxylation is 1. The van der Waals surface area contributed by atoms with Crippen LogP contribution in [-0.2, 0) is 11.3 Å². The fourth-order valence-electron chi connectivity index (χ4n) is 2.66. The van der Waals surface area contributed by atoms with Gasteiger partial charge in [-0.1, -0.05) is 29.8 Å². The maximum absolute atomic E-state index is 12.6. The number of aromatic nitrogens is 3. The van der Waals surface area contributed by atoms with E-state index in [0.29, 0.717) is 22.9 Å². The van der Waals surface area contributed by atoms with Gasteiger partial charge in [0.25, 0.3) is 5.91 Å². The van der Waals surface area contributed by atoms with Gasteiger partial charge >= 0.3 is 0 Å². The molecule has 7 nitrogen and oxygen atoms in total. The third kappa shape index (κ3) is 4.95. The van der Waals surface area contributed by atoms with Crippen molar-refractivity contribution in [3.63, 3.8) is 0 Å². The highest BCUT2D eigenvalue weighted by atomic mass is 35.5. The van der Waals surface area contributed by atoms with Gasteiger partial charge in [0.05, 0.1) is 24.8 Å². The van der Waals surface area contributed by atoms with Crippen LogP contribution in [0.3, 0.4) is 0 Å². The molecule has 0 radical (unpaired) electrons. The van der Waals surface area contributed by atoms with Crippen molar-refractivity contribution >= 4 is 29.2 Å². The molecule has 0 unspecified atom stereocenters. The number of carbonyl (C=O) groups is 2. The van der Waals surface area contributed by atoms with Crippen LogP contribution < -0.4 is 5.32 Å². The van der Waals surface area contributed by atoms with Gasteiger partial charge in [0.15, 0.2) is 0 Å². The van der Waals surface area contributed by atoms with E-state index >= 15 is 0 Å². The minimum Gasteiger partial charge on any atom is -0.332 e. The Kier molecular flexibility index (Phi) is 6.06. The molecule has 0 saturated heterocycles. The number of pyridine rings is 1. The van der Waals surface area contributed by atoms with Gasteiger partial charge in [-0.15, -0.1) is 0 Å². The van der Waals surface area contributed by atoms with E-state index in [1.807, 2.05) is 37.3 Å². The summed E-state index contributed by atoms with van der Waals surface area (Å²) in [5.74, 6) is -0.159. The molecule has 8 heteroatoms. The molecule has 144 valence electrons. The fourth-order valence-corrected chi connectivity index (χ4v) is 2.85. The molecule has 28 heavy (non-hydrogen) atoms. The van der Waals surface area contributed by atoms with E-state index < -0.39 is 0 Å². The van der Waals surface area contributed by atoms with Crippen molar-refractivity contribution in [2.75, 3.05) is 18.9 Å². The first-order chi connectivity index (χ1) is 13.4. The number of likely N-dealkylation sites (N-methyl/N-ethyl adjacent to an activating group) is 1. The minimum absolute atomic E-state index is 0.0931. The Morgan fingerprint density at radius 1 is 1.25 bits per heavy atom. The number of benzene rings is 1. The molecule has 3 aromatic rings. The van der Waals surface area contributed by atoms with Crippen LogP contribution in [0.5, 0.6) is 0 Å². The lowest BCUT2D eigenvalue weighted by molar-refractivity contribution is -0.116. The first-order valence-corrected chi connectivity index (χ1v) is 9.04. The maximum Gasteiger partial charge on any atom is 0.257 e. The van der Waals surface area contributed by atoms with Crippen molar-refractivity contribution < 1.29 is 9.59 Å². The smallest absolute Gasteiger partial charge is 0.257 e. The summed E-state index contributed by atoms with van der Waals surface area (Å²) < 4.78 is 1.64. The summed E-state index contributed by atoms with van der Waals surface area (Å²) in [7, 11) is 1.57. The average molecular weight is 398 g/mol. The third-order valence-electron chi connectivity index (χ3n) is 4.08. The lowest BCUT2D eigenvalue weighted by atomic mass is 10.2. The lowest BCUT2D eigenvalue weighted by Gasteiger charge is -2.15. The van der Waals surface area contributed by atoms with Crippen LogP contribution in [-0.4, -0.2) is 45.1 Å². The van der Waals surface area contributed by atoms with Crippen LogP contribution in [0.1, 0.15) is 21.5 Å². The van der Waals surface area contributed by atoms with Gasteiger partial charge in [0, 0.05) is 24.5 Å². The van der Waals surface area contributed by atoms with Crippen molar-refractivity contribution in [3.05, 3.63) is 76.7 Å². The van der Waals surface area contributed by atoms with Crippen LogP contribution in [0.4, 0.5) is 5.82 Å². The summed E-state index contributed by atoms with van der Waals surface area (Å²) in [5, 5.41) is 7.54. The Labute approximate surface area is 167 Å². The standard InChI is InChI=1S/C20H20ClN5O2/c1-14-7-8-22-18(9-14)24-19(27)13-25(2)20(28)16-10-23-26(12-16)11-15-5-3-4-6-17(15)21/h3-10,12H,11,13H2,1-2H3,(H,22,24,27). The zero-order valence-corrected chi connectivity index (χ0v) is 16.3. The lowest BCUT2D eigenvalue weighted by Crippen LogP contribution is -2.34. The van der Waals surface area contributed by atoms with Crippen LogP contribution in [0.25, 0.3) is 0 Å². The van der Waals surface area contributed by atoms with Crippen LogP contribution in [0, 0.1) is 6.92 Å². The van der Waals surface area contributed by atoms with Crippen LogP contribution in [0.15, 0.2) is 55.0 Å². The van der Waals surface area contributed by atoms with Crippen molar-refractivity contribution in [3.8, 4) is 0 Å². The Balaban J connectivity index is 1.59. The Hall–Kier alpha value is -3.19. The van der Waals surface area contributed by atoms with E-state index in [-0.39, 0.29) is 18.4 Å². The summed E-state index contributed by atoms with van der Waals surface area (Å²) in [4.78, 5) is 30.2. The Morgan fingerprint density at radius 2 is 2.04 bits per heavy atom. The van der Waals surface area contributed by atoms with Gasteiger partial charge < -0.3 is 10.2 Å². The molecule has 2 amide bonds. The first-order valence-electron chi connectivity index (χ1n) is 8.66. The average Bonchev–Trinajstić information content (AvgIpc) is 3.11. The molecule has 2 heterocycles. The highest BCUT2D eigenvalue weighted by molar-refractivity contribution is 6.31. The Bertz CT molecular complexity index is 1000. The molecule has 3 rings (SSSR count). The molecule has 0 aliphatic heterocycles. The SMILES string of the molecule is Cc1ccnc(NC(=O)CN(C)C(=O)c2cnn(Cc3ccccc3Cl)c2)c1. The van der Waals surface area contributed by atoms with Crippen molar-refractivity contribution in [2.24, 2.45) is 0 Å². The zero-order valence-electron chi connectivity index (χ0n) is 15.6. The largest absolute Gasteiger partial charge is 0.332 e. The number of anilines is 1. The van der Waals surface area contributed by atoms with Gasteiger partial charge in [0.1, 0.15) is 5.82 Å². The second-order valence-electron chi connectivity index (χ2n) is 6.45. The topological polar surface area (TPSA) is 80.1 Å². The summed E-state index contributed by atoms with van der Waals surface area (Å²) >= 11 is 6.16. The summed E-state index contributed by atoms with van der Waals surface area (Å²) in [6, 6.07) is 11.1. The molecular formula is C20H20ClN5O2. The van der Waals surface area contributed by atoms with E-state index in [1.165, 1.54) is 11.1 Å². The fraction of sp³-hybridized carbons (Fsp3) is 0.200. The quantitative estimate of drug-likeness (QED) is 0.693. The maximum atomic E-state index is 12.6. The van der Waals surface area contributed by atoms with Crippen molar-refractivity contribution in [1.29, 1.82) is 0 Å².